The van der Waals surface area contributed by atoms with E-state index in [1.165, 1.54) is 12.1 Å². The molecule has 2 rings (SSSR count). The number of hydrazone groups is 1. The number of aromatic nitrogens is 2. The molecule has 0 atom stereocenters. The number of nitrogens with zero attached hydrogens (tertiary/aromatic N) is 3. The van der Waals surface area contributed by atoms with E-state index in [-0.39, 0.29) is 17.1 Å². The number of nitrogens with one attached hydrogen (secondary N) is 1. The van der Waals surface area contributed by atoms with Crippen molar-refractivity contribution in [3.63, 3.8) is 0 Å². The lowest BCUT2D eigenvalue weighted by Crippen LogP contribution is -2.19. The third kappa shape index (κ3) is 3.55. The molecule has 21 heavy (non-hydrogen) atoms. The summed E-state index contributed by atoms with van der Waals surface area (Å²) in [6.45, 7) is 0. The Kier molecular flexibility index (Phi) is 3.87. The standard InChI is InChI=1S/C11H8F3N5O2/c12-11(13,14)7-3-1-2-6(4-7)5-16-17-10(20)8-9(15)19-21-18-8/h1-5H,(H2,15,19)(H,17,20). The second-order valence-corrected chi connectivity index (χ2v) is 3.82. The van der Waals surface area contributed by atoms with E-state index in [1.54, 1.807) is 0 Å². The van der Waals surface area contributed by atoms with Crippen LogP contribution in [0.25, 0.3) is 0 Å². The first kappa shape index (κ1) is 14.5. The molecule has 0 saturated heterocycles. The quantitative estimate of drug-likeness (QED) is 0.658. The number of alkyl halides is 3. The third-order valence-corrected chi connectivity index (χ3v) is 2.32. The number of halogens is 3. The van der Waals surface area contributed by atoms with E-state index in [4.69, 9.17) is 5.73 Å². The minimum absolute atomic E-state index is 0.163. The van der Waals surface area contributed by atoms with Gasteiger partial charge < -0.3 is 5.73 Å². The third-order valence-electron chi connectivity index (χ3n) is 2.32. The number of nitrogen functional groups attached to an aromatic ring is 1. The Morgan fingerprint density at radius 2 is 2.14 bits per heavy atom. The van der Waals surface area contributed by atoms with E-state index in [2.05, 4.69) is 20.0 Å². The number of carbonyl (C=O) groups is 1. The minimum Gasteiger partial charge on any atom is -0.379 e. The van der Waals surface area contributed by atoms with Crippen molar-refractivity contribution in [3.8, 4) is 0 Å². The number of benzene rings is 1. The van der Waals surface area contributed by atoms with Gasteiger partial charge in [-0.3, -0.25) is 4.79 Å². The molecule has 1 amide bonds. The van der Waals surface area contributed by atoms with E-state index in [9.17, 15) is 18.0 Å². The van der Waals surface area contributed by atoms with E-state index in [0.29, 0.717) is 0 Å². The first-order valence-electron chi connectivity index (χ1n) is 5.46. The predicted molar refractivity (Wildman–Crippen MR) is 65.2 cm³/mol. The molecule has 1 heterocycles. The summed E-state index contributed by atoms with van der Waals surface area (Å²) in [4.78, 5) is 11.5. The van der Waals surface area contributed by atoms with Crippen LogP contribution in [0.5, 0.6) is 0 Å². The molecule has 0 spiro atoms. The average Bonchev–Trinajstić information content (AvgIpc) is 2.84. The molecule has 0 radical (unpaired) electrons. The lowest BCUT2D eigenvalue weighted by atomic mass is 10.1. The maximum absolute atomic E-state index is 12.5. The van der Waals surface area contributed by atoms with Crippen LogP contribution in [-0.4, -0.2) is 22.4 Å². The molecule has 0 aliphatic rings. The van der Waals surface area contributed by atoms with Gasteiger partial charge in [0.25, 0.3) is 5.91 Å². The molecule has 0 bridgehead atoms. The largest absolute Gasteiger partial charge is 0.416 e. The summed E-state index contributed by atoms with van der Waals surface area (Å²) in [5.74, 6) is -1.02. The second kappa shape index (κ2) is 5.61. The molecule has 1 aromatic heterocycles. The number of rotatable bonds is 3. The number of carbonyl (C=O) groups excluding carboxylic acids is 1. The summed E-state index contributed by atoms with van der Waals surface area (Å²) in [6.07, 6.45) is -3.40. The molecule has 7 nitrogen and oxygen atoms in total. The van der Waals surface area contributed by atoms with Gasteiger partial charge in [-0.2, -0.15) is 18.3 Å². The van der Waals surface area contributed by atoms with Crippen LogP contribution in [0.15, 0.2) is 34.0 Å². The van der Waals surface area contributed by atoms with Gasteiger partial charge in [0, 0.05) is 0 Å². The fourth-order valence-corrected chi connectivity index (χ4v) is 1.37. The van der Waals surface area contributed by atoms with Crippen LogP contribution in [-0.2, 0) is 6.18 Å². The predicted octanol–water partition coefficient (Wildman–Crippen LogP) is 1.43. The highest BCUT2D eigenvalue weighted by Gasteiger charge is 2.30. The van der Waals surface area contributed by atoms with Crippen molar-refractivity contribution in [2.75, 3.05) is 5.73 Å². The van der Waals surface area contributed by atoms with Gasteiger partial charge in [0.1, 0.15) is 0 Å². The molecule has 110 valence electrons. The zero-order chi connectivity index (χ0) is 15.5. The zero-order valence-electron chi connectivity index (χ0n) is 10.3. The molecule has 2 aromatic rings. The average molecular weight is 299 g/mol. The summed E-state index contributed by atoms with van der Waals surface area (Å²) >= 11 is 0. The first-order valence-corrected chi connectivity index (χ1v) is 5.46. The van der Waals surface area contributed by atoms with Crippen molar-refractivity contribution in [2.24, 2.45) is 5.10 Å². The first-order chi connectivity index (χ1) is 9.88. The second-order valence-electron chi connectivity index (χ2n) is 3.82. The van der Waals surface area contributed by atoms with Crippen LogP contribution >= 0.6 is 0 Å². The number of hydrogen-bond donors (Lipinski definition) is 2. The van der Waals surface area contributed by atoms with Gasteiger partial charge in [-0.15, -0.1) is 0 Å². The highest BCUT2D eigenvalue weighted by atomic mass is 19.4. The van der Waals surface area contributed by atoms with Crippen molar-refractivity contribution in [2.45, 2.75) is 6.18 Å². The van der Waals surface area contributed by atoms with E-state index in [1.807, 2.05) is 5.43 Å². The molecule has 0 unspecified atom stereocenters. The van der Waals surface area contributed by atoms with Crippen LogP contribution < -0.4 is 11.2 Å². The van der Waals surface area contributed by atoms with E-state index < -0.39 is 17.6 Å². The van der Waals surface area contributed by atoms with Gasteiger partial charge in [-0.25, -0.2) is 10.1 Å². The van der Waals surface area contributed by atoms with Crippen LogP contribution in [0, 0.1) is 0 Å². The highest BCUT2D eigenvalue weighted by Crippen LogP contribution is 2.29. The summed E-state index contributed by atoms with van der Waals surface area (Å²) in [7, 11) is 0. The molecule has 0 saturated carbocycles. The normalized spacial score (nSPS) is 11.8. The molecule has 10 heteroatoms. The molecule has 3 N–H and O–H groups in total. The van der Waals surface area contributed by atoms with Crippen LogP contribution in [0.4, 0.5) is 19.0 Å². The fourth-order valence-electron chi connectivity index (χ4n) is 1.37. The Hall–Kier alpha value is -2.91. The van der Waals surface area contributed by atoms with Gasteiger partial charge in [0.2, 0.25) is 11.5 Å². The summed E-state index contributed by atoms with van der Waals surface area (Å²) in [6, 6.07) is 4.45. The monoisotopic (exact) mass is 299 g/mol. The van der Waals surface area contributed by atoms with E-state index in [0.717, 1.165) is 18.3 Å². The highest BCUT2D eigenvalue weighted by molar-refractivity contribution is 5.96. The zero-order valence-corrected chi connectivity index (χ0v) is 10.3. The lowest BCUT2D eigenvalue weighted by molar-refractivity contribution is -0.137. The van der Waals surface area contributed by atoms with Gasteiger partial charge in [0.15, 0.2) is 0 Å². The topological polar surface area (TPSA) is 106 Å². The number of anilines is 1. The van der Waals surface area contributed by atoms with Crippen molar-refractivity contribution < 1.29 is 22.6 Å². The Labute approximate surface area is 115 Å². The molecule has 0 aliphatic heterocycles. The maximum atomic E-state index is 12.5. The fraction of sp³-hybridized carbons (Fsp3) is 0.0909. The van der Waals surface area contributed by atoms with E-state index >= 15 is 0 Å². The number of nitrogens with two attached hydrogens (primary N) is 1. The van der Waals surface area contributed by atoms with Crippen LogP contribution in [0.1, 0.15) is 21.6 Å². The van der Waals surface area contributed by atoms with Crippen LogP contribution in [0.2, 0.25) is 0 Å². The Balaban J connectivity index is 2.05. The maximum Gasteiger partial charge on any atom is 0.416 e. The molecule has 0 aliphatic carbocycles. The Bertz CT molecular complexity index is 680. The molecule has 1 aromatic carbocycles. The van der Waals surface area contributed by atoms with Gasteiger partial charge in [-0.1, -0.05) is 12.1 Å². The summed E-state index contributed by atoms with van der Waals surface area (Å²) < 4.78 is 41.7. The SMILES string of the molecule is Nc1nonc1C(=O)NN=Cc1cccc(C(F)(F)F)c1. The van der Waals surface area contributed by atoms with Crippen molar-refractivity contribution in [3.05, 3.63) is 41.1 Å². The summed E-state index contributed by atoms with van der Waals surface area (Å²) in [5, 5.41) is 9.94. The number of amides is 1. The van der Waals surface area contributed by atoms with Gasteiger partial charge in [-0.05, 0) is 28.0 Å². The molecular formula is C11H8F3N5O2. The van der Waals surface area contributed by atoms with Crippen molar-refractivity contribution in [1.82, 2.24) is 15.7 Å². The van der Waals surface area contributed by atoms with Crippen molar-refractivity contribution >= 4 is 17.9 Å². The van der Waals surface area contributed by atoms with Crippen molar-refractivity contribution in [1.29, 1.82) is 0 Å². The molecule has 0 fully saturated rings. The summed E-state index contributed by atoms with van der Waals surface area (Å²) in [5.41, 5.74) is 6.41. The Morgan fingerprint density at radius 3 is 2.76 bits per heavy atom. The molecular weight excluding hydrogens is 291 g/mol. The Morgan fingerprint density at radius 1 is 1.38 bits per heavy atom. The smallest absolute Gasteiger partial charge is 0.379 e. The van der Waals surface area contributed by atoms with Gasteiger partial charge in [0.05, 0.1) is 11.8 Å². The number of hydrogen-bond acceptors (Lipinski definition) is 6. The van der Waals surface area contributed by atoms with Crippen LogP contribution in [0.3, 0.4) is 0 Å². The lowest BCUT2D eigenvalue weighted by Gasteiger charge is -2.06. The minimum atomic E-state index is -4.45. The van der Waals surface area contributed by atoms with Gasteiger partial charge >= 0.3 is 6.18 Å².